The van der Waals surface area contributed by atoms with Crippen molar-refractivity contribution >= 4 is 23.6 Å². The van der Waals surface area contributed by atoms with E-state index in [0.717, 1.165) is 11.1 Å². The van der Waals surface area contributed by atoms with E-state index in [2.05, 4.69) is 5.32 Å². The lowest BCUT2D eigenvalue weighted by atomic mass is 10.2. The van der Waals surface area contributed by atoms with Gasteiger partial charge >= 0.3 is 0 Å². The number of carbonyl (C=O) groups is 1. The van der Waals surface area contributed by atoms with Gasteiger partial charge in [-0.25, -0.2) is 0 Å². The molecule has 0 unspecified atom stereocenters. The minimum Gasteiger partial charge on any atom is -0.493 e. The molecule has 0 aliphatic rings. The van der Waals surface area contributed by atoms with Crippen molar-refractivity contribution in [3.05, 3.63) is 70.8 Å². The van der Waals surface area contributed by atoms with Crippen molar-refractivity contribution in [1.29, 1.82) is 0 Å². The van der Waals surface area contributed by atoms with Crippen LogP contribution >= 0.6 is 11.6 Å². The van der Waals surface area contributed by atoms with Gasteiger partial charge in [-0.3, -0.25) is 9.18 Å². The zero-order valence-corrected chi connectivity index (χ0v) is 13.9. The second kappa shape index (κ2) is 9.73. The van der Waals surface area contributed by atoms with Crippen LogP contribution in [-0.4, -0.2) is 19.2 Å². The number of rotatable bonds is 8. The Morgan fingerprint density at radius 2 is 2.00 bits per heavy atom. The highest BCUT2D eigenvalue weighted by Crippen LogP contribution is 2.13. The number of halogens is 2. The Labute approximate surface area is 146 Å². The summed E-state index contributed by atoms with van der Waals surface area (Å²) in [4.78, 5) is 11.8. The third kappa shape index (κ3) is 6.42. The molecule has 3 nitrogen and oxygen atoms in total. The lowest BCUT2D eigenvalue weighted by molar-refractivity contribution is -0.116. The molecule has 2 aromatic rings. The van der Waals surface area contributed by atoms with Crippen molar-refractivity contribution in [2.75, 3.05) is 13.3 Å². The summed E-state index contributed by atoms with van der Waals surface area (Å²) in [6.07, 6.45) is 3.58. The number of amides is 1. The van der Waals surface area contributed by atoms with Gasteiger partial charge in [0.1, 0.15) is 5.75 Å². The first-order valence-electron chi connectivity index (χ1n) is 7.66. The number of ether oxygens (including phenoxy) is 1. The minimum absolute atomic E-state index is 0.182. The molecule has 0 heterocycles. The molecule has 1 N–H and O–H groups in total. The molecule has 0 saturated carbocycles. The summed E-state index contributed by atoms with van der Waals surface area (Å²) in [7, 11) is 0. The van der Waals surface area contributed by atoms with Crippen molar-refractivity contribution in [3.8, 4) is 5.75 Å². The van der Waals surface area contributed by atoms with Crippen LogP contribution in [0.4, 0.5) is 4.39 Å². The van der Waals surface area contributed by atoms with Crippen molar-refractivity contribution in [1.82, 2.24) is 5.32 Å². The predicted octanol–water partition coefficient (Wildman–Crippen LogP) is 4.41. The molecule has 0 aromatic heterocycles. The largest absolute Gasteiger partial charge is 0.493 e. The van der Waals surface area contributed by atoms with Crippen LogP contribution in [0, 0.1) is 0 Å². The van der Waals surface area contributed by atoms with Gasteiger partial charge in [-0.15, -0.1) is 0 Å². The van der Waals surface area contributed by atoms with Gasteiger partial charge in [0, 0.05) is 24.1 Å². The van der Waals surface area contributed by atoms with E-state index in [1.54, 1.807) is 24.3 Å². The third-order valence-corrected chi connectivity index (χ3v) is 3.44. The van der Waals surface area contributed by atoms with Crippen LogP contribution in [0.2, 0.25) is 5.02 Å². The van der Waals surface area contributed by atoms with Crippen LogP contribution in [-0.2, 0) is 11.3 Å². The van der Waals surface area contributed by atoms with Gasteiger partial charge < -0.3 is 10.1 Å². The molecule has 0 atom stereocenters. The van der Waals surface area contributed by atoms with Gasteiger partial charge in [-0.05, 0) is 41.5 Å². The van der Waals surface area contributed by atoms with Crippen LogP contribution in [0.1, 0.15) is 17.5 Å². The highest BCUT2D eigenvalue weighted by molar-refractivity contribution is 6.30. The van der Waals surface area contributed by atoms with Gasteiger partial charge in [-0.2, -0.15) is 0 Å². The number of carbonyl (C=O) groups excluding carboxylic acids is 1. The Morgan fingerprint density at radius 3 is 2.71 bits per heavy atom. The molecule has 5 heteroatoms. The number of hydrogen-bond donors (Lipinski definition) is 1. The highest BCUT2D eigenvalue weighted by Gasteiger charge is 1.98. The lowest BCUT2D eigenvalue weighted by Gasteiger charge is -2.05. The molecule has 1 amide bonds. The van der Waals surface area contributed by atoms with E-state index in [4.69, 9.17) is 16.3 Å². The Balaban J connectivity index is 1.80. The maximum atomic E-state index is 12.0. The first kappa shape index (κ1) is 18.0. The molecule has 126 valence electrons. The van der Waals surface area contributed by atoms with Gasteiger partial charge in [-0.1, -0.05) is 35.9 Å². The molecular weight excluding hydrogens is 329 g/mol. The van der Waals surface area contributed by atoms with Gasteiger partial charge in [0.2, 0.25) is 5.91 Å². The number of benzene rings is 2. The summed E-state index contributed by atoms with van der Waals surface area (Å²) in [5, 5.41) is 3.44. The fraction of sp³-hybridized carbons (Fsp3) is 0.211. The number of hydrogen-bond acceptors (Lipinski definition) is 2. The average Bonchev–Trinajstić information content (AvgIpc) is 2.59. The van der Waals surface area contributed by atoms with E-state index in [-0.39, 0.29) is 12.6 Å². The van der Waals surface area contributed by atoms with Gasteiger partial charge in [0.15, 0.2) is 0 Å². The van der Waals surface area contributed by atoms with Crippen molar-refractivity contribution < 1.29 is 13.9 Å². The number of alkyl halides is 1. The quantitative estimate of drug-likeness (QED) is 0.567. The maximum Gasteiger partial charge on any atom is 0.244 e. The summed E-state index contributed by atoms with van der Waals surface area (Å²) >= 11 is 5.90. The third-order valence-electron chi connectivity index (χ3n) is 3.21. The van der Waals surface area contributed by atoms with Crippen LogP contribution in [0.25, 0.3) is 6.08 Å². The van der Waals surface area contributed by atoms with E-state index in [1.165, 1.54) is 6.08 Å². The zero-order chi connectivity index (χ0) is 17.2. The monoisotopic (exact) mass is 347 g/mol. The molecular formula is C19H19ClFNO2. The fourth-order valence-electron chi connectivity index (χ4n) is 1.99. The fourth-order valence-corrected chi connectivity index (χ4v) is 2.20. The first-order chi connectivity index (χ1) is 11.7. The molecule has 0 aliphatic heterocycles. The topological polar surface area (TPSA) is 38.3 Å². The van der Waals surface area contributed by atoms with E-state index in [0.29, 0.717) is 30.3 Å². The normalized spacial score (nSPS) is 10.8. The molecule has 24 heavy (non-hydrogen) atoms. The molecule has 2 aromatic carbocycles. The van der Waals surface area contributed by atoms with Crippen LogP contribution in [0.15, 0.2) is 54.6 Å². The molecule has 0 radical (unpaired) electrons. The van der Waals surface area contributed by atoms with E-state index in [1.807, 2.05) is 30.3 Å². The molecule has 0 bridgehead atoms. The Hall–Kier alpha value is -2.33. The van der Waals surface area contributed by atoms with Crippen LogP contribution in [0.5, 0.6) is 5.75 Å². The smallest absolute Gasteiger partial charge is 0.244 e. The summed E-state index contributed by atoms with van der Waals surface area (Å²) in [6, 6.07) is 14.6. The number of nitrogens with one attached hydrogen (secondary N) is 1. The second-order valence-corrected chi connectivity index (χ2v) is 5.58. The predicted molar refractivity (Wildman–Crippen MR) is 94.9 cm³/mol. The summed E-state index contributed by atoms with van der Waals surface area (Å²) in [5.74, 6) is 0.504. The standard InChI is InChI=1S/C19H19ClFNO2/c20-17-4-1-3-16(13-17)14-22-19(23)10-7-15-5-8-18(9-6-15)24-12-2-11-21/h1,3-10,13H,2,11-12,14H2,(H,22,23). The molecule has 0 saturated heterocycles. The first-order valence-corrected chi connectivity index (χ1v) is 8.04. The maximum absolute atomic E-state index is 12.0. The van der Waals surface area contributed by atoms with Crippen molar-refractivity contribution in [3.63, 3.8) is 0 Å². The van der Waals surface area contributed by atoms with E-state index in [9.17, 15) is 9.18 Å². The zero-order valence-electron chi connectivity index (χ0n) is 13.2. The van der Waals surface area contributed by atoms with Crippen molar-refractivity contribution in [2.24, 2.45) is 0 Å². The van der Waals surface area contributed by atoms with Gasteiger partial charge in [0.05, 0.1) is 13.3 Å². The SMILES string of the molecule is O=C(C=Cc1ccc(OCCCF)cc1)NCc1cccc(Cl)c1. The average molecular weight is 348 g/mol. The Bertz CT molecular complexity index is 686. The highest BCUT2D eigenvalue weighted by atomic mass is 35.5. The van der Waals surface area contributed by atoms with E-state index < -0.39 is 0 Å². The molecule has 0 spiro atoms. The minimum atomic E-state index is -0.384. The Kier molecular flexibility index (Phi) is 7.30. The Morgan fingerprint density at radius 1 is 1.21 bits per heavy atom. The second-order valence-electron chi connectivity index (χ2n) is 5.14. The summed E-state index contributed by atoms with van der Waals surface area (Å²) in [6.45, 7) is 0.397. The lowest BCUT2D eigenvalue weighted by Crippen LogP contribution is -2.20. The van der Waals surface area contributed by atoms with Crippen LogP contribution < -0.4 is 10.1 Å². The molecule has 0 aliphatic carbocycles. The van der Waals surface area contributed by atoms with Crippen molar-refractivity contribution in [2.45, 2.75) is 13.0 Å². The molecule has 2 rings (SSSR count). The summed E-state index contributed by atoms with van der Waals surface area (Å²) < 4.78 is 17.4. The van der Waals surface area contributed by atoms with Gasteiger partial charge in [0.25, 0.3) is 0 Å². The van der Waals surface area contributed by atoms with Crippen LogP contribution in [0.3, 0.4) is 0 Å². The van der Waals surface area contributed by atoms with E-state index >= 15 is 0 Å². The molecule has 0 fully saturated rings. The summed E-state index contributed by atoms with van der Waals surface area (Å²) in [5.41, 5.74) is 1.82.